The average Bonchev–Trinajstić information content (AvgIpc) is 3.03. The van der Waals surface area contributed by atoms with E-state index in [9.17, 15) is 9.90 Å². The third-order valence-corrected chi connectivity index (χ3v) is 3.41. The van der Waals surface area contributed by atoms with Gasteiger partial charge in [0.2, 0.25) is 0 Å². The number of nitrogens with zero attached hydrogens (tertiary/aromatic N) is 1. The first-order valence-corrected chi connectivity index (χ1v) is 7.39. The Morgan fingerprint density at radius 1 is 1.32 bits per heavy atom. The summed E-state index contributed by atoms with van der Waals surface area (Å²) < 4.78 is 5.05. The number of benzene rings is 1. The minimum absolute atomic E-state index is 0.00289. The predicted molar refractivity (Wildman–Crippen MR) is 84.9 cm³/mol. The number of nitrogens with one attached hydrogen (secondary N) is 2. The smallest absolute Gasteiger partial charge is 0.293 e. The second kappa shape index (κ2) is 7.49. The number of carbonyl (C=O) groups excluding carboxylic acids is 1. The van der Waals surface area contributed by atoms with E-state index in [2.05, 4.69) is 5.32 Å². The van der Waals surface area contributed by atoms with Gasteiger partial charge in [-0.25, -0.2) is 0 Å². The second-order valence-electron chi connectivity index (χ2n) is 4.98. The van der Waals surface area contributed by atoms with Crippen LogP contribution in [0, 0.1) is 5.41 Å². The van der Waals surface area contributed by atoms with Gasteiger partial charge in [-0.05, 0) is 31.9 Å². The Balaban J connectivity index is 2.22. The van der Waals surface area contributed by atoms with Crippen molar-refractivity contribution in [2.75, 3.05) is 25.0 Å². The van der Waals surface area contributed by atoms with Gasteiger partial charge in [-0.1, -0.05) is 18.2 Å². The number of ether oxygens (including phenoxy) is 1. The zero-order chi connectivity index (χ0) is 15.9. The van der Waals surface area contributed by atoms with E-state index < -0.39 is 11.9 Å². The van der Waals surface area contributed by atoms with Crippen molar-refractivity contribution < 1.29 is 14.6 Å². The van der Waals surface area contributed by atoms with E-state index in [1.165, 1.54) is 0 Å². The van der Waals surface area contributed by atoms with E-state index >= 15 is 0 Å². The van der Waals surface area contributed by atoms with Crippen molar-refractivity contribution in [2.24, 2.45) is 0 Å². The first-order chi connectivity index (χ1) is 10.6. The Morgan fingerprint density at radius 3 is 2.55 bits per heavy atom. The van der Waals surface area contributed by atoms with E-state index in [1.54, 1.807) is 36.1 Å². The number of para-hydroxylation sites is 1. The number of hydrogen-bond donors (Lipinski definition) is 3. The van der Waals surface area contributed by atoms with Gasteiger partial charge in [0.15, 0.2) is 5.57 Å². The number of rotatable bonds is 5. The molecule has 2 rings (SSSR count). The molecule has 1 aliphatic rings. The molecule has 22 heavy (non-hydrogen) atoms. The van der Waals surface area contributed by atoms with Crippen LogP contribution in [0.25, 0.3) is 0 Å². The van der Waals surface area contributed by atoms with E-state index in [1.807, 2.05) is 6.07 Å². The molecule has 6 nitrogen and oxygen atoms in total. The zero-order valence-electron chi connectivity index (χ0n) is 12.6. The second-order valence-corrected chi connectivity index (χ2v) is 4.98. The van der Waals surface area contributed by atoms with Crippen LogP contribution >= 0.6 is 0 Å². The average molecular weight is 303 g/mol. The first-order valence-electron chi connectivity index (χ1n) is 7.39. The lowest BCUT2D eigenvalue weighted by Crippen LogP contribution is -2.34. The molecule has 0 bridgehead atoms. The van der Waals surface area contributed by atoms with E-state index in [0.29, 0.717) is 18.8 Å². The summed E-state index contributed by atoms with van der Waals surface area (Å²) in [6.45, 7) is 3.35. The highest BCUT2D eigenvalue weighted by Gasteiger charge is 2.27. The minimum Gasteiger partial charge on any atom is -0.480 e. The maximum absolute atomic E-state index is 12.5. The molecular weight excluding hydrogens is 282 g/mol. The van der Waals surface area contributed by atoms with Gasteiger partial charge in [-0.3, -0.25) is 10.2 Å². The highest BCUT2D eigenvalue weighted by Crippen LogP contribution is 2.17. The number of aliphatic hydroxyl groups is 1. The van der Waals surface area contributed by atoms with Gasteiger partial charge in [0, 0.05) is 18.8 Å². The van der Waals surface area contributed by atoms with Crippen LogP contribution in [-0.2, 0) is 9.53 Å². The Labute approximate surface area is 129 Å². The molecule has 1 amide bonds. The molecule has 0 saturated carbocycles. The molecule has 1 heterocycles. The van der Waals surface area contributed by atoms with Crippen LogP contribution in [0.4, 0.5) is 5.69 Å². The van der Waals surface area contributed by atoms with Crippen molar-refractivity contribution in [3.8, 4) is 0 Å². The van der Waals surface area contributed by atoms with Gasteiger partial charge in [0.1, 0.15) is 5.84 Å². The van der Waals surface area contributed by atoms with Crippen molar-refractivity contribution in [2.45, 2.75) is 19.8 Å². The van der Waals surface area contributed by atoms with Crippen LogP contribution in [0.3, 0.4) is 0 Å². The zero-order valence-corrected chi connectivity index (χ0v) is 12.6. The molecule has 1 aliphatic heterocycles. The van der Waals surface area contributed by atoms with Gasteiger partial charge >= 0.3 is 0 Å². The maximum atomic E-state index is 12.5. The lowest BCUT2D eigenvalue weighted by Gasteiger charge is -2.21. The van der Waals surface area contributed by atoms with Gasteiger partial charge in [0.25, 0.3) is 11.9 Å². The minimum atomic E-state index is -0.547. The Morgan fingerprint density at radius 2 is 1.95 bits per heavy atom. The van der Waals surface area contributed by atoms with Crippen LogP contribution in [0.5, 0.6) is 0 Å². The number of amidine groups is 1. The molecule has 1 saturated heterocycles. The normalized spacial score (nSPS) is 15.2. The van der Waals surface area contributed by atoms with E-state index in [-0.39, 0.29) is 18.0 Å². The molecular formula is C16H21N3O3. The lowest BCUT2D eigenvalue weighted by molar-refractivity contribution is -0.113. The molecule has 1 fully saturated rings. The van der Waals surface area contributed by atoms with Crippen LogP contribution in [0.1, 0.15) is 19.8 Å². The quantitative estimate of drug-likeness (QED) is 0.338. The van der Waals surface area contributed by atoms with E-state index in [4.69, 9.17) is 10.1 Å². The molecule has 0 radical (unpaired) electrons. The lowest BCUT2D eigenvalue weighted by atomic mass is 10.2. The van der Waals surface area contributed by atoms with Gasteiger partial charge < -0.3 is 20.1 Å². The number of anilines is 1. The number of carbonyl (C=O) groups is 1. The molecule has 0 aliphatic carbocycles. The van der Waals surface area contributed by atoms with Crippen molar-refractivity contribution in [1.29, 1.82) is 5.41 Å². The molecule has 3 N–H and O–H groups in total. The number of hydrogen-bond acceptors (Lipinski definition) is 4. The molecule has 1 aromatic carbocycles. The third kappa shape index (κ3) is 3.78. The van der Waals surface area contributed by atoms with Crippen molar-refractivity contribution in [3.63, 3.8) is 0 Å². The summed E-state index contributed by atoms with van der Waals surface area (Å²) in [6, 6.07) is 8.93. The van der Waals surface area contributed by atoms with Crippen LogP contribution < -0.4 is 5.32 Å². The van der Waals surface area contributed by atoms with Crippen LogP contribution in [0.2, 0.25) is 0 Å². The third-order valence-electron chi connectivity index (χ3n) is 3.41. The number of aliphatic hydroxyl groups excluding tert-OH is 1. The van der Waals surface area contributed by atoms with Gasteiger partial charge in [0.05, 0.1) is 6.61 Å². The molecule has 1 aromatic rings. The molecule has 118 valence electrons. The summed E-state index contributed by atoms with van der Waals surface area (Å²) in [7, 11) is 0. The fourth-order valence-electron chi connectivity index (χ4n) is 2.33. The van der Waals surface area contributed by atoms with Crippen LogP contribution in [0.15, 0.2) is 41.9 Å². The van der Waals surface area contributed by atoms with Crippen LogP contribution in [-0.4, -0.2) is 41.4 Å². The SMILES string of the molecule is CCO/C(O)=C(\C(=N)N1CCCC1)C(=O)Nc1ccccc1. The molecule has 0 unspecified atom stereocenters. The fraction of sp³-hybridized carbons (Fsp3) is 0.375. The highest BCUT2D eigenvalue weighted by molar-refractivity contribution is 6.23. The highest BCUT2D eigenvalue weighted by atomic mass is 16.6. The summed E-state index contributed by atoms with van der Waals surface area (Å²) in [5.74, 6) is -1.06. The standard InChI is InChI=1S/C16H21N3O3/c1-2-22-16(21)13(14(17)19-10-6-7-11-19)15(20)18-12-8-4-3-5-9-12/h3-5,8-9,17,21H,2,6-7,10-11H2,1H3,(H,18,20)/b16-13+,17-14?. The topological polar surface area (TPSA) is 85.7 Å². The van der Waals surface area contributed by atoms with Gasteiger partial charge in [-0.2, -0.15) is 0 Å². The van der Waals surface area contributed by atoms with Crippen molar-refractivity contribution >= 4 is 17.4 Å². The Kier molecular flexibility index (Phi) is 5.41. The first kappa shape index (κ1) is 15.9. The largest absolute Gasteiger partial charge is 0.480 e. The fourth-order valence-corrected chi connectivity index (χ4v) is 2.33. The number of likely N-dealkylation sites (tertiary alicyclic amines) is 1. The van der Waals surface area contributed by atoms with E-state index in [0.717, 1.165) is 12.8 Å². The van der Waals surface area contributed by atoms with Gasteiger partial charge in [-0.15, -0.1) is 0 Å². The molecule has 0 atom stereocenters. The molecule has 0 aromatic heterocycles. The molecule has 6 heteroatoms. The summed E-state index contributed by atoms with van der Waals surface area (Å²) in [4.78, 5) is 14.2. The maximum Gasteiger partial charge on any atom is 0.293 e. The monoisotopic (exact) mass is 303 g/mol. The summed E-state index contributed by atoms with van der Waals surface area (Å²) in [5.41, 5.74) is 0.469. The summed E-state index contributed by atoms with van der Waals surface area (Å²) in [5, 5.41) is 20.9. The van der Waals surface area contributed by atoms with Crippen molar-refractivity contribution in [1.82, 2.24) is 4.90 Å². The predicted octanol–water partition coefficient (Wildman–Crippen LogP) is 2.50. The Hall–Kier alpha value is -2.50. The summed E-state index contributed by atoms with van der Waals surface area (Å²) in [6.07, 6.45) is 1.96. The molecule has 0 spiro atoms. The van der Waals surface area contributed by atoms with Crippen molar-refractivity contribution in [3.05, 3.63) is 41.9 Å². The Bertz CT molecular complexity index is 563. The number of amides is 1. The summed E-state index contributed by atoms with van der Waals surface area (Å²) >= 11 is 0.